The van der Waals surface area contributed by atoms with Crippen LogP contribution in [0.15, 0.2) is 41.7 Å². The zero-order valence-corrected chi connectivity index (χ0v) is 14.4. The van der Waals surface area contributed by atoms with Crippen LogP contribution in [0.25, 0.3) is 0 Å². The molecule has 1 aliphatic heterocycles. The highest BCUT2D eigenvalue weighted by molar-refractivity contribution is 5.93. The van der Waals surface area contributed by atoms with Gasteiger partial charge in [-0.3, -0.25) is 4.99 Å². The van der Waals surface area contributed by atoms with Crippen LogP contribution in [-0.4, -0.2) is 45.3 Å². The average molecular weight is 326 g/mol. The second-order valence-electron chi connectivity index (χ2n) is 6.04. The van der Waals surface area contributed by atoms with Crippen LogP contribution in [0.5, 0.6) is 0 Å². The van der Waals surface area contributed by atoms with Crippen molar-refractivity contribution in [1.29, 1.82) is 0 Å². The monoisotopic (exact) mass is 326 g/mol. The summed E-state index contributed by atoms with van der Waals surface area (Å²) in [6, 6.07) is 10.3. The summed E-state index contributed by atoms with van der Waals surface area (Å²) in [6.45, 7) is 5.78. The molecule has 0 unspecified atom stereocenters. The lowest BCUT2D eigenvalue weighted by molar-refractivity contribution is 0.340. The number of aryl methyl sites for hydroxylation is 1. The standard InChI is InChI=1S/C18H26N6/c1-2-17-22-20-15-24(17)14-11-19-18(23-12-7-4-8-13-23)21-16-9-5-3-6-10-16/h3,5-6,9-10,15H,2,4,7-8,11-14H2,1H3,(H,19,21). The van der Waals surface area contributed by atoms with Crippen molar-refractivity contribution in [3.63, 3.8) is 0 Å². The molecule has 128 valence electrons. The number of hydrogen-bond acceptors (Lipinski definition) is 3. The van der Waals surface area contributed by atoms with Crippen LogP contribution < -0.4 is 5.32 Å². The maximum atomic E-state index is 4.85. The Balaban J connectivity index is 1.68. The number of anilines is 1. The Labute approximate surface area is 143 Å². The highest BCUT2D eigenvalue weighted by Crippen LogP contribution is 2.12. The van der Waals surface area contributed by atoms with Crippen LogP contribution in [0.3, 0.4) is 0 Å². The van der Waals surface area contributed by atoms with Crippen LogP contribution in [0.1, 0.15) is 32.0 Å². The van der Waals surface area contributed by atoms with Crippen LogP contribution >= 0.6 is 0 Å². The molecule has 2 heterocycles. The van der Waals surface area contributed by atoms with Gasteiger partial charge in [-0.1, -0.05) is 25.1 Å². The number of rotatable bonds is 5. The first kappa shape index (κ1) is 16.5. The summed E-state index contributed by atoms with van der Waals surface area (Å²) in [4.78, 5) is 7.21. The largest absolute Gasteiger partial charge is 0.343 e. The van der Waals surface area contributed by atoms with Gasteiger partial charge in [-0.2, -0.15) is 0 Å². The predicted octanol–water partition coefficient (Wildman–Crippen LogP) is 2.79. The number of para-hydroxylation sites is 1. The van der Waals surface area contributed by atoms with E-state index in [0.717, 1.165) is 50.1 Å². The van der Waals surface area contributed by atoms with Gasteiger partial charge in [0.1, 0.15) is 12.2 Å². The molecule has 0 atom stereocenters. The molecular formula is C18H26N6. The van der Waals surface area contributed by atoms with E-state index < -0.39 is 0 Å². The molecule has 1 saturated heterocycles. The van der Waals surface area contributed by atoms with Gasteiger partial charge in [-0.25, -0.2) is 0 Å². The maximum Gasteiger partial charge on any atom is 0.198 e. The topological polar surface area (TPSA) is 58.3 Å². The third-order valence-electron chi connectivity index (χ3n) is 4.30. The van der Waals surface area contributed by atoms with Crippen molar-refractivity contribution < 1.29 is 0 Å². The molecule has 3 rings (SSSR count). The Kier molecular flexibility index (Phi) is 5.82. The van der Waals surface area contributed by atoms with Gasteiger partial charge < -0.3 is 14.8 Å². The zero-order valence-electron chi connectivity index (χ0n) is 14.4. The average Bonchev–Trinajstić information content (AvgIpc) is 3.10. The molecule has 24 heavy (non-hydrogen) atoms. The van der Waals surface area contributed by atoms with E-state index in [1.165, 1.54) is 19.3 Å². The highest BCUT2D eigenvalue weighted by Gasteiger charge is 2.15. The van der Waals surface area contributed by atoms with E-state index >= 15 is 0 Å². The quantitative estimate of drug-likeness (QED) is 0.678. The lowest BCUT2D eigenvalue weighted by Crippen LogP contribution is -2.40. The van der Waals surface area contributed by atoms with E-state index in [2.05, 4.69) is 44.0 Å². The summed E-state index contributed by atoms with van der Waals surface area (Å²) in [7, 11) is 0. The predicted molar refractivity (Wildman–Crippen MR) is 97.2 cm³/mol. The summed E-state index contributed by atoms with van der Waals surface area (Å²) in [5.74, 6) is 1.99. The third-order valence-corrected chi connectivity index (χ3v) is 4.30. The van der Waals surface area contributed by atoms with Gasteiger partial charge in [-0.05, 0) is 31.4 Å². The SMILES string of the molecule is CCc1nncn1CCN=C(Nc1ccccc1)N1CCCCC1. The molecule has 1 aromatic heterocycles. The van der Waals surface area contributed by atoms with Gasteiger partial charge in [0, 0.05) is 31.7 Å². The molecule has 1 fully saturated rings. The third kappa shape index (κ3) is 4.34. The fraction of sp³-hybridized carbons (Fsp3) is 0.500. The van der Waals surface area contributed by atoms with Crippen LogP contribution in [-0.2, 0) is 13.0 Å². The van der Waals surface area contributed by atoms with Crippen molar-refractivity contribution in [3.8, 4) is 0 Å². The van der Waals surface area contributed by atoms with Crippen LogP contribution in [0.2, 0.25) is 0 Å². The van der Waals surface area contributed by atoms with Gasteiger partial charge in [0.15, 0.2) is 5.96 Å². The summed E-state index contributed by atoms with van der Waals surface area (Å²) in [5.41, 5.74) is 1.08. The maximum absolute atomic E-state index is 4.85. The first-order valence-corrected chi connectivity index (χ1v) is 8.85. The van der Waals surface area contributed by atoms with Crippen LogP contribution in [0.4, 0.5) is 5.69 Å². The van der Waals surface area contributed by atoms with E-state index in [1.807, 2.05) is 18.2 Å². The van der Waals surface area contributed by atoms with Gasteiger partial charge >= 0.3 is 0 Å². The number of guanidine groups is 1. The number of hydrogen-bond donors (Lipinski definition) is 1. The van der Waals surface area contributed by atoms with Crippen molar-refractivity contribution in [3.05, 3.63) is 42.5 Å². The van der Waals surface area contributed by atoms with Crippen molar-refractivity contribution in [2.75, 3.05) is 25.0 Å². The molecule has 1 aromatic carbocycles. The summed E-state index contributed by atoms with van der Waals surface area (Å²) >= 11 is 0. The molecule has 0 aliphatic carbocycles. The summed E-state index contributed by atoms with van der Waals surface area (Å²) in [5, 5.41) is 11.6. The molecule has 0 saturated carbocycles. The number of piperidine rings is 1. The molecule has 6 heteroatoms. The number of benzene rings is 1. The number of nitrogens with zero attached hydrogens (tertiary/aromatic N) is 5. The van der Waals surface area contributed by atoms with Crippen molar-refractivity contribution >= 4 is 11.6 Å². The summed E-state index contributed by atoms with van der Waals surface area (Å²) in [6.07, 6.45) is 6.47. The van der Waals surface area contributed by atoms with Crippen LogP contribution in [0, 0.1) is 0 Å². The lowest BCUT2D eigenvalue weighted by atomic mass is 10.1. The van der Waals surface area contributed by atoms with Gasteiger partial charge in [0.2, 0.25) is 0 Å². The first-order valence-electron chi connectivity index (χ1n) is 8.85. The smallest absolute Gasteiger partial charge is 0.198 e. The Morgan fingerprint density at radius 1 is 1.17 bits per heavy atom. The minimum absolute atomic E-state index is 0.719. The number of nitrogens with one attached hydrogen (secondary N) is 1. The molecule has 1 aliphatic rings. The fourth-order valence-corrected chi connectivity index (χ4v) is 2.98. The molecular weight excluding hydrogens is 300 g/mol. The first-order chi connectivity index (χ1) is 11.9. The van der Waals surface area contributed by atoms with E-state index in [1.54, 1.807) is 6.33 Å². The van der Waals surface area contributed by atoms with E-state index in [9.17, 15) is 0 Å². The van der Waals surface area contributed by atoms with Crippen molar-refractivity contribution in [2.24, 2.45) is 4.99 Å². The van der Waals surface area contributed by atoms with Crippen molar-refractivity contribution in [2.45, 2.75) is 39.2 Å². The normalized spacial score (nSPS) is 15.5. The Hall–Kier alpha value is -2.37. The molecule has 0 radical (unpaired) electrons. The molecule has 6 nitrogen and oxygen atoms in total. The zero-order chi connectivity index (χ0) is 16.6. The van der Waals surface area contributed by atoms with E-state index in [-0.39, 0.29) is 0 Å². The van der Waals surface area contributed by atoms with E-state index in [0.29, 0.717) is 0 Å². The highest BCUT2D eigenvalue weighted by atomic mass is 15.3. The molecule has 0 bridgehead atoms. The molecule has 2 aromatic rings. The number of aromatic nitrogens is 3. The van der Waals surface area contributed by atoms with Gasteiger partial charge in [0.25, 0.3) is 0 Å². The number of likely N-dealkylation sites (tertiary alicyclic amines) is 1. The molecule has 0 spiro atoms. The minimum Gasteiger partial charge on any atom is -0.343 e. The van der Waals surface area contributed by atoms with Gasteiger partial charge in [-0.15, -0.1) is 10.2 Å². The Morgan fingerprint density at radius 2 is 1.96 bits per heavy atom. The van der Waals surface area contributed by atoms with Crippen molar-refractivity contribution in [1.82, 2.24) is 19.7 Å². The number of aliphatic imine (C=N–C) groups is 1. The van der Waals surface area contributed by atoms with E-state index in [4.69, 9.17) is 4.99 Å². The minimum atomic E-state index is 0.719. The lowest BCUT2D eigenvalue weighted by Gasteiger charge is -2.30. The summed E-state index contributed by atoms with van der Waals surface area (Å²) < 4.78 is 2.08. The fourth-order valence-electron chi connectivity index (χ4n) is 2.98. The van der Waals surface area contributed by atoms with Gasteiger partial charge in [0.05, 0.1) is 6.54 Å². The second kappa shape index (κ2) is 8.47. The Morgan fingerprint density at radius 3 is 2.71 bits per heavy atom. The second-order valence-corrected chi connectivity index (χ2v) is 6.04. The molecule has 1 N–H and O–H groups in total. The Bertz CT molecular complexity index is 643. The molecule has 0 amide bonds.